The van der Waals surface area contributed by atoms with Gasteiger partial charge in [0.05, 0.1) is 29.5 Å². The highest BCUT2D eigenvalue weighted by Crippen LogP contribution is 2.28. The van der Waals surface area contributed by atoms with Crippen LogP contribution in [0.4, 0.5) is 0 Å². The van der Waals surface area contributed by atoms with Crippen molar-refractivity contribution >= 4 is 28.1 Å². The number of ether oxygens (including phenoxy) is 1. The largest absolute Gasteiger partial charge is 0.466 e. The van der Waals surface area contributed by atoms with E-state index in [0.29, 0.717) is 18.7 Å². The Morgan fingerprint density at radius 3 is 2.61 bits per heavy atom. The SMILES string of the molecule is CCOC(=O)C1CCN(Cn2nc(-c3cccs3)c3ccccc3c2=O)CC1. The van der Waals surface area contributed by atoms with Gasteiger partial charge >= 0.3 is 5.97 Å². The summed E-state index contributed by atoms with van der Waals surface area (Å²) in [7, 11) is 0. The lowest BCUT2D eigenvalue weighted by Crippen LogP contribution is -2.40. The van der Waals surface area contributed by atoms with E-state index in [1.807, 2.05) is 48.7 Å². The molecule has 3 aromatic rings. The highest BCUT2D eigenvalue weighted by molar-refractivity contribution is 7.13. The molecule has 0 aliphatic carbocycles. The topological polar surface area (TPSA) is 64.4 Å². The first-order valence-corrected chi connectivity index (χ1v) is 10.5. The summed E-state index contributed by atoms with van der Waals surface area (Å²) in [6.45, 7) is 4.17. The molecule has 6 nitrogen and oxygen atoms in total. The molecule has 3 heterocycles. The van der Waals surface area contributed by atoms with Crippen molar-refractivity contribution in [3.05, 3.63) is 52.1 Å². The quantitative estimate of drug-likeness (QED) is 0.618. The molecule has 0 spiro atoms. The second-order valence-electron chi connectivity index (χ2n) is 6.96. The fourth-order valence-corrected chi connectivity index (χ4v) is 4.41. The van der Waals surface area contributed by atoms with E-state index >= 15 is 0 Å². The summed E-state index contributed by atoms with van der Waals surface area (Å²) in [5.74, 6) is -0.151. The summed E-state index contributed by atoms with van der Waals surface area (Å²) < 4.78 is 6.69. The maximum atomic E-state index is 13.0. The van der Waals surface area contributed by atoms with Crippen LogP contribution in [0.3, 0.4) is 0 Å². The minimum absolute atomic E-state index is 0.0424. The van der Waals surface area contributed by atoms with Crippen LogP contribution in [0.2, 0.25) is 0 Å². The molecule has 7 heteroatoms. The molecule has 1 saturated heterocycles. The number of carbonyl (C=O) groups is 1. The third-order valence-electron chi connectivity index (χ3n) is 5.16. The highest BCUT2D eigenvalue weighted by Gasteiger charge is 2.26. The molecule has 1 aliphatic rings. The van der Waals surface area contributed by atoms with Gasteiger partial charge in [-0.1, -0.05) is 24.3 Å². The van der Waals surface area contributed by atoms with Crippen LogP contribution in [0.5, 0.6) is 0 Å². The number of aromatic nitrogens is 2. The molecular formula is C21H23N3O3S. The minimum Gasteiger partial charge on any atom is -0.466 e. The van der Waals surface area contributed by atoms with Crippen LogP contribution < -0.4 is 5.56 Å². The van der Waals surface area contributed by atoms with Crippen molar-refractivity contribution in [3.8, 4) is 10.6 Å². The molecule has 1 fully saturated rings. The number of fused-ring (bicyclic) bond motifs is 1. The van der Waals surface area contributed by atoms with Gasteiger partial charge in [0.1, 0.15) is 5.69 Å². The standard InChI is InChI=1S/C21H23N3O3S/c1-2-27-21(26)15-9-11-23(12-10-15)14-24-20(25)17-7-4-3-6-16(17)19(22-24)18-8-5-13-28-18/h3-8,13,15H,2,9-12,14H2,1H3. The van der Waals surface area contributed by atoms with Crippen molar-refractivity contribution in [3.63, 3.8) is 0 Å². The van der Waals surface area contributed by atoms with Crippen LogP contribution in [0.25, 0.3) is 21.3 Å². The number of piperidine rings is 1. The summed E-state index contributed by atoms with van der Waals surface area (Å²) in [5, 5.41) is 8.28. The van der Waals surface area contributed by atoms with E-state index in [0.717, 1.165) is 41.9 Å². The van der Waals surface area contributed by atoms with Crippen molar-refractivity contribution in [2.45, 2.75) is 26.4 Å². The van der Waals surface area contributed by atoms with Crippen molar-refractivity contribution < 1.29 is 9.53 Å². The maximum absolute atomic E-state index is 13.0. The van der Waals surface area contributed by atoms with E-state index in [1.54, 1.807) is 16.0 Å². The lowest BCUT2D eigenvalue weighted by molar-refractivity contribution is -0.149. The van der Waals surface area contributed by atoms with Crippen LogP contribution in [0, 0.1) is 5.92 Å². The molecule has 1 aliphatic heterocycles. The van der Waals surface area contributed by atoms with Crippen LogP contribution in [-0.4, -0.2) is 40.3 Å². The normalized spacial score (nSPS) is 15.8. The minimum atomic E-state index is -0.108. The molecule has 0 bridgehead atoms. The zero-order valence-corrected chi connectivity index (χ0v) is 16.7. The van der Waals surface area contributed by atoms with E-state index in [-0.39, 0.29) is 17.4 Å². The molecule has 146 valence electrons. The molecule has 0 radical (unpaired) electrons. The Bertz CT molecular complexity index is 1020. The van der Waals surface area contributed by atoms with E-state index in [2.05, 4.69) is 4.90 Å². The van der Waals surface area contributed by atoms with Gasteiger partial charge in [0.15, 0.2) is 0 Å². The molecule has 1 aromatic carbocycles. The Labute approximate surface area is 167 Å². The second kappa shape index (κ2) is 8.24. The molecule has 0 atom stereocenters. The second-order valence-corrected chi connectivity index (χ2v) is 7.91. The molecule has 4 rings (SSSR count). The van der Waals surface area contributed by atoms with Gasteiger partial charge in [-0.3, -0.25) is 14.5 Å². The Morgan fingerprint density at radius 2 is 1.93 bits per heavy atom. The first-order chi connectivity index (χ1) is 13.7. The number of hydrogen-bond acceptors (Lipinski definition) is 6. The van der Waals surface area contributed by atoms with Gasteiger partial charge in [0.2, 0.25) is 0 Å². The van der Waals surface area contributed by atoms with Gasteiger partial charge < -0.3 is 4.74 Å². The van der Waals surface area contributed by atoms with Crippen LogP contribution in [-0.2, 0) is 16.2 Å². The number of esters is 1. The van der Waals surface area contributed by atoms with Crippen LogP contribution in [0.15, 0.2) is 46.6 Å². The zero-order valence-electron chi connectivity index (χ0n) is 15.8. The van der Waals surface area contributed by atoms with Gasteiger partial charge in [-0.2, -0.15) is 5.10 Å². The maximum Gasteiger partial charge on any atom is 0.309 e. The summed E-state index contributed by atoms with van der Waals surface area (Å²) in [6, 6.07) is 11.7. The van der Waals surface area contributed by atoms with E-state index in [1.165, 1.54) is 0 Å². The Morgan fingerprint density at radius 1 is 1.18 bits per heavy atom. The highest BCUT2D eigenvalue weighted by atomic mass is 32.1. The van der Waals surface area contributed by atoms with Crippen molar-refractivity contribution in [2.75, 3.05) is 19.7 Å². The first-order valence-electron chi connectivity index (χ1n) is 9.60. The zero-order chi connectivity index (χ0) is 19.5. The molecule has 0 N–H and O–H groups in total. The first kappa shape index (κ1) is 18.8. The van der Waals surface area contributed by atoms with Gasteiger partial charge in [0.25, 0.3) is 5.56 Å². The predicted octanol–water partition coefficient (Wildman–Crippen LogP) is 3.36. The summed E-state index contributed by atoms with van der Waals surface area (Å²) in [4.78, 5) is 28.1. The molecule has 2 aromatic heterocycles. The lowest BCUT2D eigenvalue weighted by Gasteiger charge is -2.30. The fraction of sp³-hybridized carbons (Fsp3) is 0.381. The summed E-state index contributed by atoms with van der Waals surface area (Å²) >= 11 is 1.62. The Balaban J connectivity index is 1.59. The molecule has 28 heavy (non-hydrogen) atoms. The Kier molecular flexibility index (Phi) is 5.54. The van der Waals surface area contributed by atoms with E-state index in [9.17, 15) is 9.59 Å². The number of rotatable bonds is 5. The number of benzene rings is 1. The van der Waals surface area contributed by atoms with E-state index < -0.39 is 0 Å². The third kappa shape index (κ3) is 3.72. The fourth-order valence-electron chi connectivity index (χ4n) is 3.69. The predicted molar refractivity (Wildman–Crippen MR) is 110 cm³/mol. The summed E-state index contributed by atoms with van der Waals surface area (Å²) in [6.07, 6.45) is 1.50. The number of likely N-dealkylation sites (tertiary alicyclic amines) is 1. The lowest BCUT2D eigenvalue weighted by atomic mass is 9.97. The molecule has 0 amide bonds. The van der Waals surface area contributed by atoms with Crippen molar-refractivity contribution in [1.82, 2.24) is 14.7 Å². The van der Waals surface area contributed by atoms with Gasteiger partial charge in [-0.25, -0.2) is 4.68 Å². The molecule has 0 saturated carbocycles. The van der Waals surface area contributed by atoms with Gasteiger partial charge in [-0.15, -0.1) is 11.3 Å². The Hall–Kier alpha value is -2.51. The number of thiophene rings is 1. The van der Waals surface area contributed by atoms with Crippen LogP contribution in [0.1, 0.15) is 19.8 Å². The van der Waals surface area contributed by atoms with Gasteiger partial charge in [-0.05, 0) is 37.3 Å². The van der Waals surface area contributed by atoms with Crippen molar-refractivity contribution in [2.24, 2.45) is 5.92 Å². The average molecular weight is 398 g/mol. The molecular weight excluding hydrogens is 374 g/mol. The van der Waals surface area contributed by atoms with Gasteiger partial charge in [0, 0.05) is 18.5 Å². The number of carbonyl (C=O) groups excluding carboxylic acids is 1. The third-order valence-corrected chi connectivity index (χ3v) is 6.04. The van der Waals surface area contributed by atoms with E-state index in [4.69, 9.17) is 9.84 Å². The smallest absolute Gasteiger partial charge is 0.309 e. The summed E-state index contributed by atoms with van der Waals surface area (Å²) in [5.41, 5.74) is 0.759. The molecule has 0 unspecified atom stereocenters. The van der Waals surface area contributed by atoms with Crippen LogP contribution >= 0.6 is 11.3 Å². The monoisotopic (exact) mass is 397 g/mol. The number of nitrogens with zero attached hydrogens (tertiary/aromatic N) is 3. The van der Waals surface area contributed by atoms with Crippen molar-refractivity contribution in [1.29, 1.82) is 0 Å². The average Bonchev–Trinajstić information content (AvgIpc) is 3.25. The number of hydrogen-bond donors (Lipinski definition) is 0.